The SMILES string of the molecule is C=CC(=O)OCCc1ccc(N(c2cccc(C)c2)c2ccc(C)c(C)c2)cc1. The number of esters is 1. The molecule has 0 saturated heterocycles. The van der Waals surface area contributed by atoms with Gasteiger partial charge < -0.3 is 9.64 Å². The molecule has 29 heavy (non-hydrogen) atoms. The van der Waals surface area contributed by atoms with Crippen molar-refractivity contribution in [2.45, 2.75) is 27.2 Å². The van der Waals surface area contributed by atoms with E-state index in [0.717, 1.165) is 22.6 Å². The maximum absolute atomic E-state index is 11.2. The van der Waals surface area contributed by atoms with Crippen LogP contribution in [-0.2, 0) is 16.0 Å². The van der Waals surface area contributed by atoms with Gasteiger partial charge in [0.05, 0.1) is 6.61 Å². The maximum atomic E-state index is 11.2. The quantitative estimate of drug-likeness (QED) is 0.350. The molecule has 0 aliphatic carbocycles. The molecule has 0 aromatic heterocycles. The van der Waals surface area contributed by atoms with Gasteiger partial charge in [-0.2, -0.15) is 0 Å². The van der Waals surface area contributed by atoms with Crippen LogP contribution in [0.25, 0.3) is 0 Å². The molecule has 3 nitrogen and oxygen atoms in total. The Kier molecular flexibility index (Phi) is 6.50. The van der Waals surface area contributed by atoms with E-state index in [4.69, 9.17) is 4.74 Å². The zero-order chi connectivity index (χ0) is 20.8. The summed E-state index contributed by atoms with van der Waals surface area (Å²) in [6, 6.07) is 23.5. The molecule has 0 radical (unpaired) electrons. The van der Waals surface area contributed by atoms with Gasteiger partial charge in [-0.15, -0.1) is 0 Å². The molecule has 0 unspecified atom stereocenters. The van der Waals surface area contributed by atoms with Crippen molar-refractivity contribution in [2.75, 3.05) is 11.5 Å². The van der Waals surface area contributed by atoms with Gasteiger partial charge in [-0.05, 0) is 79.4 Å². The predicted octanol–water partition coefficient (Wildman–Crippen LogP) is 6.35. The topological polar surface area (TPSA) is 29.5 Å². The van der Waals surface area contributed by atoms with Crippen LogP contribution in [0.15, 0.2) is 79.4 Å². The Hall–Kier alpha value is -3.33. The minimum atomic E-state index is -0.387. The second-order valence-electron chi connectivity index (χ2n) is 7.23. The van der Waals surface area contributed by atoms with E-state index in [1.54, 1.807) is 0 Å². The molecule has 0 aliphatic heterocycles. The van der Waals surface area contributed by atoms with Crippen molar-refractivity contribution in [2.24, 2.45) is 0 Å². The largest absolute Gasteiger partial charge is 0.462 e. The number of benzene rings is 3. The highest BCUT2D eigenvalue weighted by molar-refractivity contribution is 5.81. The summed E-state index contributed by atoms with van der Waals surface area (Å²) in [4.78, 5) is 13.5. The number of carbonyl (C=O) groups is 1. The van der Waals surface area contributed by atoms with Gasteiger partial charge >= 0.3 is 5.97 Å². The predicted molar refractivity (Wildman–Crippen MR) is 120 cm³/mol. The first-order valence-electron chi connectivity index (χ1n) is 9.80. The fraction of sp³-hybridized carbons (Fsp3) is 0.192. The van der Waals surface area contributed by atoms with Crippen LogP contribution in [0.1, 0.15) is 22.3 Å². The Morgan fingerprint density at radius 1 is 0.897 bits per heavy atom. The van der Waals surface area contributed by atoms with E-state index in [0.29, 0.717) is 13.0 Å². The van der Waals surface area contributed by atoms with Crippen molar-refractivity contribution in [3.05, 3.63) is 102 Å². The monoisotopic (exact) mass is 385 g/mol. The van der Waals surface area contributed by atoms with Gasteiger partial charge in [0.25, 0.3) is 0 Å². The summed E-state index contributed by atoms with van der Waals surface area (Å²) in [5.41, 5.74) is 8.23. The lowest BCUT2D eigenvalue weighted by Crippen LogP contribution is -2.11. The standard InChI is InChI=1S/C26H27NO2/c1-5-26(28)29-16-15-22-10-13-23(14-11-22)27(24-8-6-7-19(2)17-24)25-12-9-20(3)21(4)18-25/h5-14,17-18H,1,15-16H2,2-4H3. The summed E-state index contributed by atoms with van der Waals surface area (Å²) in [5.74, 6) is -0.387. The summed E-state index contributed by atoms with van der Waals surface area (Å²) >= 11 is 0. The van der Waals surface area contributed by atoms with E-state index in [2.05, 4.69) is 99.0 Å². The Bertz CT molecular complexity index is 1010. The minimum Gasteiger partial charge on any atom is -0.462 e. The average Bonchev–Trinajstić information content (AvgIpc) is 2.72. The van der Waals surface area contributed by atoms with Gasteiger partial charge in [-0.3, -0.25) is 0 Å². The highest BCUT2D eigenvalue weighted by atomic mass is 16.5. The normalized spacial score (nSPS) is 10.4. The highest BCUT2D eigenvalue weighted by Gasteiger charge is 2.13. The molecule has 3 aromatic carbocycles. The number of carbonyl (C=O) groups excluding carboxylic acids is 1. The van der Waals surface area contributed by atoms with Crippen LogP contribution in [-0.4, -0.2) is 12.6 Å². The van der Waals surface area contributed by atoms with Gasteiger partial charge in [0.1, 0.15) is 0 Å². The van der Waals surface area contributed by atoms with E-state index in [-0.39, 0.29) is 5.97 Å². The lowest BCUT2D eigenvalue weighted by molar-refractivity contribution is -0.137. The molecule has 0 aliphatic rings. The summed E-state index contributed by atoms with van der Waals surface area (Å²) in [7, 11) is 0. The number of nitrogens with zero attached hydrogens (tertiary/aromatic N) is 1. The number of hydrogen-bond donors (Lipinski definition) is 0. The zero-order valence-electron chi connectivity index (χ0n) is 17.3. The van der Waals surface area contributed by atoms with Crippen LogP contribution in [0.3, 0.4) is 0 Å². The Labute approximate surface area is 173 Å². The Balaban J connectivity index is 1.91. The first-order valence-corrected chi connectivity index (χ1v) is 9.80. The van der Waals surface area contributed by atoms with Crippen molar-refractivity contribution in [1.82, 2.24) is 0 Å². The molecule has 3 heteroatoms. The van der Waals surface area contributed by atoms with Crippen molar-refractivity contribution >= 4 is 23.0 Å². The zero-order valence-corrected chi connectivity index (χ0v) is 17.3. The van der Waals surface area contributed by atoms with Gasteiger partial charge in [0, 0.05) is 29.6 Å². The fourth-order valence-corrected chi connectivity index (χ4v) is 3.22. The number of hydrogen-bond acceptors (Lipinski definition) is 3. The summed E-state index contributed by atoms with van der Waals surface area (Å²) < 4.78 is 5.08. The second kappa shape index (κ2) is 9.24. The molecular formula is C26H27NO2. The van der Waals surface area contributed by atoms with Crippen LogP contribution in [0.4, 0.5) is 17.1 Å². The highest BCUT2D eigenvalue weighted by Crippen LogP contribution is 2.35. The van der Waals surface area contributed by atoms with Crippen LogP contribution in [0, 0.1) is 20.8 Å². The van der Waals surface area contributed by atoms with Gasteiger partial charge in [0.2, 0.25) is 0 Å². The lowest BCUT2D eigenvalue weighted by atomic mass is 10.1. The van der Waals surface area contributed by atoms with E-state index < -0.39 is 0 Å². The van der Waals surface area contributed by atoms with Crippen molar-refractivity contribution in [1.29, 1.82) is 0 Å². The summed E-state index contributed by atoms with van der Waals surface area (Å²) in [6.07, 6.45) is 1.86. The van der Waals surface area contributed by atoms with Gasteiger partial charge in [-0.25, -0.2) is 4.79 Å². The molecule has 0 spiro atoms. The second-order valence-corrected chi connectivity index (χ2v) is 7.23. The average molecular weight is 386 g/mol. The molecule has 148 valence electrons. The molecule has 0 N–H and O–H groups in total. The van der Waals surface area contributed by atoms with Gasteiger partial charge in [-0.1, -0.05) is 36.9 Å². The summed E-state index contributed by atoms with van der Waals surface area (Å²) in [5, 5.41) is 0. The van der Waals surface area contributed by atoms with Crippen LogP contribution in [0.2, 0.25) is 0 Å². The smallest absolute Gasteiger partial charge is 0.330 e. The van der Waals surface area contributed by atoms with Crippen LogP contribution in [0.5, 0.6) is 0 Å². The third kappa shape index (κ3) is 5.14. The first-order chi connectivity index (χ1) is 14.0. The molecule has 0 fully saturated rings. The summed E-state index contributed by atoms with van der Waals surface area (Å²) in [6.45, 7) is 10.1. The van der Waals surface area contributed by atoms with Crippen molar-refractivity contribution < 1.29 is 9.53 Å². The molecule has 0 amide bonds. The number of anilines is 3. The number of aryl methyl sites for hydroxylation is 3. The third-order valence-electron chi connectivity index (χ3n) is 5.00. The third-order valence-corrected chi connectivity index (χ3v) is 5.00. The minimum absolute atomic E-state index is 0.350. The Morgan fingerprint density at radius 3 is 2.24 bits per heavy atom. The van der Waals surface area contributed by atoms with E-state index in [1.807, 2.05) is 0 Å². The number of ether oxygens (including phenoxy) is 1. The molecular weight excluding hydrogens is 358 g/mol. The van der Waals surface area contributed by atoms with E-state index in [9.17, 15) is 4.79 Å². The van der Waals surface area contributed by atoms with Crippen LogP contribution < -0.4 is 4.90 Å². The lowest BCUT2D eigenvalue weighted by Gasteiger charge is -2.26. The first kappa shape index (κ1) is 20.4. The maximum Gasteiger partial charge on any atom is 0.330 e. The molecule has 3 aromatic rings. The van der Waals surface area contributed by atoms with Gasteiger partial charge in [0.15, 0.2) is 0 Å². The van der Waals surface area contributed by atoms with Crippen molar-refractivity contribution in [3.8, 4) is 0 Å². The number of rotatable bonds is 7. The van der Waals surface area contributed by atoms with E-state index in [1.165, 1.54) is 22.8 Å². The molecule has 0 heterocycles. The fourth-order valence-electron chi connectivity index (χ4n) is 3.22. The molecule has 0 bridgehead atoms. The van der Waals surface area contributed by atoms with Crippen LogP contribution >= 0.6 is 0 Å². The molecule has 0 saturated carbocycles. The molecule has 3 rings (SSSR count). The van der Waals surface area contributed by atoms with Crippen molar-refractivity contribution in [3.63, 3.8) is 0 Å². The molecule has 0 atom stereocenters. The van der Waals surface area contributed by atoms with E-state index >= 15 is 0 Å². The Morgan fingerprint density at radius 2 is 1.59 bits per heavy atom.